The van der Waals surface area contributed by atoms with Crippen LogP contribution in [0.25, 0.3) is 0 Å². The van der Waals surface area contributed by atoms with Crippen molar-refractivity contribution < 1.29 is 4.74 Å². The largest absolute Gasteiger partial charge is 0.381 e. The second-order valence-corrected chi connectivity index (χ2v) is 3.80. The molecule has 1 aliphatic rings. The van der Waals surface area contributed by atoms with E-state index in [-0.39, 0.29) is 0 Å². The molecule has 4 heteroatoms. The number of nitrogens with one attached hydrogen (secondary N) is 1. The van der Waals surface area contributed by atoms with Crippen LogP contribution in [0.5, 0.6) is 0 Å². The van der Waals surface area contributed by atoms with Crippen molar-refractivity contribution in [3.8, 4) is 0 Å². The Hall–Kier alpha value is -0.900. The third-order valence-electron chi connectivity index (χ3n) is 2.56. The van der Waals surface area contributed by atoms with E-state index in [2.05, 4.69) is 22.1 Å². The molecule has 1 N–H and O–H groups in total. The van der Waals surface area contributed by atoms with Crippen LogP contribution < -0.4 is 0 Å². The minimum Gasteiger partial charge on any atom is -0.381 e. The Labute approximate surface area is 84.1 Å². The molecule has 14 heavy (non-hydrogen) atoms. The summed E-state index contributed by atoms with van der Waals surface area (Å²) in [6, 6.07) is 0. The van der Waals surface area contributed by atoms with Crippen molar-refractivity contribution in [3.05, 3.63) is 11.6 Å². The summed E-state index contributed by atoms with van der Waals surface area (Å²) in [5, 5.41) is 7.23. The van der Waals surface area contributed by atoms with E-state index < -0.39 is 0 Å². The fourth-order valence-electron chi connectivity index (χ4n) is 1.79. The third kappa shape index (κ3) is 2.12. The molecule has 0 aliphatic carbocycles. The van der Waals surface area contributed by atoms with Crippen molar-refractivity contribution in [2.45, 2.75) is 38.5 Å². The predicted octanol–water partition coefficient (Wildman–Crippen LogP) is 1.65. The van der Waals surface area contributed by atoms with E-state index in [9.17, 15) is 0 Å². The van der Waals surface area contributed by atoms with E-state index in [4.69, 9.17) is 4.74 Å². The third-order valence-corrected chi connectivity index (χ3v) is 2.56. The van der Waals surface area contributed by atoms with Crippen LogP contribution in [0.3, 0.4) is 0 Å². The van der Waals surface area contributed by atoms with E-state index in [1.807, 2.05) is 0 Å². The van der Waals surface area contributed by atoms with Gasteiger partial charge in [-0.05, 0) is 19.3 Å². The molecule has 0 aromatic carbocycles. The summed E-state index contributed by atoms with van der Waals surface area (Å²) in [7, 11) is 0. The molecule has 1 fully saturated rings. The van der Waals surface area contributed by atoms with Gasteiger partial charge in [0, 0.05) is 18.9 Å². The van der Waals surface area contributed by atoms with Gasteiger partial charge in [0.05, 0.1) is 6.61 Å². The molecule has 0 radical (unpaired) electrons. The Balaban J connectivity index is 2.00. The zero-order valence-corrected chi connectivity index (χ0v) is 8.62. The monoisotopic (exact) mass is 195 g/mol. The van der Waals surface area contributed by atoms with Gasteiger partial charge in [0.2, 0.25) is 0 Å². The minimum absolute atomic E-state index is 0.408. The summed E-state index contributed by atoms with van der Waals surface area (Å²) in [4.78, 5) is 4.48. The van der Waals surface area contributed by atoms with Gasteiger partial charge in [-0.1, -0.05) is 6.92 Å². The lowest BCUT2D eigenvalue weighted by atomic mass is 10.0. The van der Waals surface area contributed by atoms with E-state index in [1.54, 1.807) is 0 Å². The molecule has 1 aromatic rings. The van der Waals surface area contributed by atoms with Crippen LogP contribution in [0.15, 0.2) is 0 Å². The number of nitrogens with zero attached hydrogens (tertiary/aromatic N) is 2. The van der Waals surface area contributed by atoms with Crippen LogP contribution in [-0.4, -0.2) is 28.4 Å². The lowest BCUT2D eigenvalue weighted by molar-refractivity contribution is 0.0781. The van der Waals surface area contributed by atoms with Gasteiger partial charge in [-0.3, -0.25) is 5.10 Å². The molecule has 1 atom stereocenters. The molecule has 2 heterocycles. The summed E-state index contributed by atoms with van der Waals surface area (Å²) >= 11 is 0. The van der Waals surface area contributed by atoms with E-state index >= 15 is 0 Å². The van der Waals surface area contributed by atoms with Gasteiger partial charge in [0.15, 0.2) is 5.82 Å². The zero-order valence-electron chi connectivity index (χ0n) is 8.62. The van der Waals surface area contributed by atoms with E-state index in [1.165, 1.54) is 0 Å². The molecular weight excluding hydrogens is 178 g/mol. The molecule has 0 spiro atoms. The van der Waals surface area contributed by atoms with Gasteiger partial charge in [-0.25, -0.2) is 4.98 Å². The quantitative estimate of drug-likeness (QED) is 0.797. The average Bonchev–Trinajstić information content (AvgIpc) is 2.68. The molecule has 0 saturated carbocycles. The van der Waals surface area contributed by atoms with Crippen LogP contribution in [0.2, 0.25) is 0 Å². The van der Waals surface area contributed by atoms with Crippen molar-refractivity contribution in [2.24, 2.45) is 0 Å². The summed E-state index contributed by atoms with van der Waals surface area (Å²) in [6.45, 7) is 3.82. The number of ether oxygens (including phenoxy) is 1. The second-order valence-electron chi connectivity index (χ2n) is 3.80. The maximum Gasteiger partial charge on any atom is 0.156 e. The van der Waals surface area contributed by atoms with Crippen LogP contribution >= 0.6 is 0 Å². The first-order valence-electron chi connectivity index (χ1n) is 5.39. The molecule has 2 rings (SSSR count). The Kier molecular flexibility index (Phi) is 3.14. The Morgan fingerprint density at radius 2 is 2.50 bits per heavy atom. The van der Waals surface area contributed by atoms with E-state index in [0.717, 1.165) is 50.5 Å². The van der Waals surface area contributed by atoms with Gasteiger partial charge in [0.25, 0.3) is 0 Å². The van der Waals surface area contributed by atoms with Gasteiger partial charge < -0.3 is 4.74 Å². The molecule has 4 nitrogen and oxygen atoms in total. The normalized spacial score (nSPS) is 22.5. The molecular formula is C10H17N3O. The number of aromatic nitrogens is 3. The number of hydrogen-bond acceptors (Lipinski definition) is 3. The van der Waals surface area contributed by atoms with Crippen molar-refractivity contribution in [2.75, 3.05) is 13.2 Å². The number of rotatable bonds is 3. The molecule has 1 saturated heterocycles. The predicted molar refractivity (Wildman–Crippen MR) is 53.2 cm³/mol. The molecule has 0 amide bonds. The highest BCUT2D eigenvalue weighted by Crippen LogP contribution is 2.22. The lowest BCUT2D eigenvalue weighted by Crippen LogP contribution is -2.16. The Morgan fingerprint density at radius 1 is 1.57 bits per heavy atom. The standard InChI is InChI=1S/C10H17N3O/c1-2-4-9-11-10(13-12-9)8-5-3-6-14-7-8/h8H,2-7H2,1H3,(H,11,12,13). The zero-order chi connectivity index (χ0) is 9.80. The summed E-state index contributed by atoms with van der Waals surface area (Å²) in [6.07, 6.45) is 4.38. The van der Waals surface area contributed by atoms with Crippen LogP contribution in [0.1, 0.15) is 43.8 Å². The van der Waals surface area contributed by atoms with Crippen molar-refractivity contribution >= 4 is 0 Å². The highest BCUT2D eigenvalue weighted by Gasteiger charge is 2.19. The molecule has 1 aliphatic heterocycles. The Morgan fingerprint density at radius 3 is 3.21 bits per heavy atom. The molecule has 1 unspecified atom stereocenters. The molecule has 1 aromatic heterocycles. The summed E-state index contributed by atoms with van der Waals surface area (Å²) < 4.78 is 5.41. The molecule has 0 bridgehead atoms. The number of H-pyrrole nitrogens is 1. The number of hydrogen-bond donors (Lipinski definition) is 1. The number of aryl methyl sites for hydroxylation is 1. The summed E-state index contributed by atoms with van der Waals surface area (Å²) in [5.41, 5.74) is 0. The first kappa shape index (κ1) is 9.65. The summed E-state index contributed by atoms with van der Waals surface area (Å²) in [5.74, 6) is 2.35. The van der Waals surface area contributed by atoms with E-state index in [0.29, 0.717) is 5.92 Å². The average molecular weight is 195 g/mol. The van der Waals surface area contributed by atoms with Gasteiger partial charge in [-0.15, -0.1) is 0 Å². The van der Waals surface area contributed by atoms with Crippen LogP contribution in [0, 0.1) is 0 Å². The first-order chi connectivity index (χ1) is 6.90. The molecule has 78 valence electrons. The minimum atomic E-state index is 0.408. The lowest BCUT2D eigenvalue weighted by Gasteiger charge is -2.18. The van der Waals surface area contributed by atoms with Crippen LogP contribution in [-0.2, 0) is 11.2 Å². The van der Waals surface area contributed by atoms with Gasteiger partial charge >= 0.3 is 0 Å². The van der Waals surface area contributed by atoms with Crippen molar-refractivity contribution in [1.29, 1.82) is 0 Å². The highest BCUT2D eigenvalue weighted by atomic mass is 16.5. The SMILES string of the molecule is CCCc1nc(C2CCCOC2)n[nH]1. The highest BCUT2D eigenvalue weighted by molar-refractivity contribution is 4.98. The fourth-order valence-corrected chi connectivity index (χ4v) is 1.79. The van der Waals surface area contributed by atoms with Gasteiger partial charge in [-0.2, -0.15) is 5.10 Å². The van der Waals surface area contributed by atoms with Crippen LogP contribution in [0.4, 0.5) is 0 Å². The second kappa shape index (κ2) is 4.55. The Bertz CT molecular complexity index is 279. The van der Waals surface area contributed by atoms with Crippen molar-refractivity contribution in [1.82, 2.24) is 15.2 Å². The number of aromatic amines is 1. The fraction of sp³-hybridized carbons (Fsp3) is 0.800. The maximum atomic E-state index is 5.41. The van der Waals surface area contributed by atoms with Crippen molar-refractivity contribution in [3.63, 3.8) is 0 Å². The smallest absolute Gasteiger partial charge is 0.156 e. The first-order valence-corrected chi connectivity index (χ1v) is 5.39. The topological polar surface area (TPSA) is 50.8 Å². The maximum absolute atomic E-state index is 5.41. The van der Waals surface area contributed by atoms with Gasteiger partial charge in [0.1, 0.15) is 5.82 Å².